The molecule has 8 heteroatoms. The SMILES string of the molecule is Cc1ccc(C)c(OCc2nnc(SCC(=O)N3CC[C@H](C)Sc4ccccc43)o2)c1. The van der Waals surface area contributed by atoms with Gasteiger partial charge in [0.15, 0.2) is 6.61 Å². The van der Waals surface area contributed by atoms with E-state index in [1.54, 1.807) is 0 Å². The molecule has 1 aliphatic rings. The summed E-state index contributed by atoms with van der Waals surface area (Å²) >= 11 is 3.08. The first kappa shape index (κ1) is 21.8. The number of hydrogen-bond acceptors (Lipinski definition) is 7. The molecule has 0 bridgehead atoms. The minimum Gasteiger partial charge on any atom is -0.484 e. The van der Waals surface area contributed by atoms with Crippen molar-refractivity contribution in [1.82, 2.24) is 10.2 Å². The van der Waals surface area contributed by atoms with Gasteiger partial charge in [0, 0.05) is 16.7 Å². The first-order valence-corrected chi connectivity index (χ1v) is 12.1. The maximum Gasteiger partial charge on any atom is 0.277 e. The summed E-state index contributed by atoms with van der Waals surface area (Å²) in [7, 11) is 0. The van der Waals surface area contributed by atoms with Crippen LogP contribution in [0.1, 0.15) is 30.4 Å². The van der Waals surface area contributed by atoms with E-state index in [-0.39, 0.29) is 18.3 Å². The average molecular weight is 456 g/mol. The summed E-state index contributed by atoms with van der Waals surface area (Å²) in [5.74, 6) is 1.47. The predicted molar refractivity (Wildman–Crippen MR) is 124 cm³/mol. The van der Waals surface area contributed by atoms with Crippen molar-refractivity contribution in [1.29, 1.82) is 0 Å². The lowest BCUT2D eigenvalue weighted by Gasteiger charge is -2.22. The summed E-state index contributed by atoms with van der Waals surface area (Å²) in [6.07, 6.45) is 0.955. The normalized spacial score (nSPS) is 16.0. The molecule has 6 nitrogen and oxygen atoms in total. The van der Waals surface area contributed by atoms with Gasteiger partial charge in [0.2, 0.25) is 5.91 Å². The van der Waals surface area contributed by atoms with Crippen LogP contribution in [0.4, 0.5) is 5.69 Å². The van der Waals surface area contributed by atoms with Gasteiger partial charge in [0.1, 0.15) is 5.75 Å². The van der Waals surface area contributed by atoms with Crippen molar-refractivity contribution >= 4 is 35.1 Å². The zero-order valence-electron chi connectivity index (χ0n) is 17.8. The number of amides is 1. The molecule has 0 radical (unpaired) electrons. The summed E-state index contributed by atoms with van der Waals surface area (Å²) in [5, 5.41) is 8.94. The second-order valence-electron chi connectivity index (χ2n) is 7.54. The average Bonchev–Trinajstić information content (AvgIpc) is 3.14. The van der Waals surface area contributed by atoms with E-state index in [9.17, 15) is 4.79 Å². The molecular formula is C23H25N3O3S2. The highest BCUT2D eigenvalue weighted by molar-refractivity contribution is 8.00. The Bertz CT molecular complexity index is 1070. The molecule has 1 aliphatic heterocycles. The highest BCUT2D eigenvalue weighted by Gasteiger charge is 2.24. The van der Waals surface area contributed by atoms with E-state index in [2.05, 4.69) is 23.2 Å². The number of aromatic nitrogens is 2. The van der Waals surface area contributed by atoms with Crippen LogP contribution in [0, 0.1) is 13.8 Å². The summed E-state index contributed by atoms with van der Waals surface area (Å²) in [6, 6.07) is 14.1. The molecule has 0 fully saturated rings. The monoisotopic (exact) mass is 455 g/mol. The van der Waals surface area contributed by atoms with Crippen molar-refractivity contribution < 1.29 is 13.9 Å². The molecule has 0 saturated heterocycles. The van der Waals surface area contributed by atoms with Gasteiger partial charge in [-0.2, -0.15) is 0 Å². The first-order chi connectivity index (χ1) is 15.0. The second kappa shape index (κ2) is 9.78. The Morgan fingerprint density at radius 2 is 2.10 bits per heavy atom. The number of thioether (sulfide) groups is 2. The molecule has 162 valence electrons. The Morgan fingerprint density at radius 1 is 1.26 bits per heavy atom. The lowest BCUT2D eigenvalue weighted by atomic mass is 10.1. The quantitative estimate of drug-likeness (QED) is 0.469. The van der Waals surface area contributed by atoms with Gasteiger partial charge in [-0.25, -0.2) is 0 Å². The minimum absolute atomic E-state index is 0.0403. The predicted octanol–water partition coefficient (Wildman–Crippen LogP) is 5.28. The largest absolute Gasteiger partial charge is 0.484 e. The fourth-order valence-corrected chi connectivity index (χ4v) is 5.07. The van der Waals surface area contributed by atoms with Crippen LogP contribution >= 0.6 is 23.5 Å². The molecule has 4 rings (SSSR count). The Labute approximate surface area is 190 Å². The highest BCUT2D eigenvalue weighted by atomic mass is 32.2. The number of rotatable bonds is 6. The Hall–Kier alpha value is -2.45. The van der Waals surface area contributed by atoms with Crippen molar-refractivity contribution in [3.63, 3.8) is 0 Å². The zero-order valence-corrected chi connectivity index (χ0v) is 19.5. The zero-order chi connectivity index (χ0) is 21.8. The number of para-hydroxylation sites is 1. The van der Waals surface area contributed by atoms with E-state index in [0.717, 1.165) is 33.9 Å². The van der Waals surface area contributed by atoms with E-state index >= 15 is 0 Å². The Morgan fingerprint density at radius 3 is 2.97 bits per heavy atom. The third-order valence-corrected chi connectivity index (χ3v) is 7.05. The summed E-state index contributed by atoms with van der Waals surface area (Å²) in [4.78, 5) is 16.0. The van der Waals surface area contributed by atoms with Gasteiger partial charge < -0.3 is 14.1 Å². The van der Waals surface area contributed by atoms with E-state index in [4.69, 9.17) is 9.15 Å². The molecule has 0 aliphatic carbocycles. The van der Waals surface area contributed by atoms with E-state index in [1.165, 1.54) is 11.8 Å². The number of nitrogens with zero attached hydrogens (tertiary/aromatic N) is 3. The van der Waals surface area contributed by atoms with Crippen LogP contribution in [0.2, 0.25) is 0 Å². The number of carbonyl (C=O) groups is 1. The smallest absolute Gasteiger partial charge is 0.277 e. The molecule has 3 aromatic rings. The Balaban J connectivity index is 1.35. The second-order valence-corrected chi connectivity index (χ2v) is 9.95. The molecule has 0 saturated carbocycles. The van der Waals surface area contributed by atoms with Gasteiger partial charge in [-0.15, -0.1) is 22.0 Å². The van der Waals surface area contributed by atoms with Crippen LogP contribution in [0.15, 0.2) is 57.0 Å². The number of benzene rings is 2. The number of fused-ring (bicyclic) bond motifs is 1. The van der Waals surface area contributed by atoms with Crippen molar-refractivity contribution in [3.8, 4) is 5.75 Å². The maximum absolute atomic E-state index is 13.0. The van der Waals surface area contributed by atoms with Crippen molar-refractivity contribution in [2.45, 2.75) is 49.2 Å². The molecule has 2 heterocycles. The minimum atomic E-state index is 0.0403. The third kappa shape index (κ3) is 5.43. The van der Waals surface area contributed by atoms with Gasteiger partial charge in [0.05, 0.1) is 11.4 Å². The van der Waals surface area contributed by atoms with Crippen LogP contribution in [0.5, 0.6) is 5.75 Å². The molecule has 1 aromatic heterocycles. The number of anilines is 1. The molecule has 1 amide bonds. The van der Waals surface area contributed by atoms with Crippen LogP contribution in [0.3, 0.4) is 0 Å². The summed E-state index contributed by atoms with van der Waals surface area (Å²) < 4.78 is 11.5. The van der Waals surface area contributed by atoms with E-state index in [0.29, 0.717) is 22.9 Å². The van der Waals surface area contributed by atoms with E-state index < -0.39 is 0 Å². The topological polar surface area (TPSA) is 68.5 Å². The lowest BCUT2D eigenvalue weighted by Crippen LogP contribution is -2.33. The maximum atomic E-state index is 13.0. The van der Waals surface area contributed by atoms with Crippen molar-refractivity contribution in [3.05, 3.63) is 59.5 Å². The molecule has 0 N–H and O–H groups in total. The standard InChI is InChI=1S/C23H25N3O3S2/c1-15-8-9-16(2)19(12-15)28-13-21-24-25-23(29-21)30-14-22(27)26-11-10-17(3)31-20-7-5-4-6-18(20)26/h4-9,12,17H,10-11,13-14H2,1-3H3/t17-/m0/s1. The van der Waals surface area contributed by atoms with Crippen molar-refractivity contribution in [2.24, 2.45) is 0 Å². The molecular weight excluding hydrogens is 430 g/mol. The fraction of sp³-hybridized carbons (Fsp3) is 0.348. The van der Waals surface area contributed by atoms with Crippen LogP contribution < -0.4 is 9.64 Å². The molecule has 0 spiro atoms. The number of ether oxygens (including phenoxy) is 1. The van der Waals surface area contributed by atoms with Gasteiger partial charge in [-0.05, 0) is 49.6 Å². The van der Waals surface area contributed by atoms with E-state index in [1.807, 2.05) is 66.9 Å². The highest BCUT2D eigenvalue weighted by Crippen LogP contribution is 2.37. The summed E-state index contributed by atoms with van der Waals surface area (Å²) in [6.45, 7) is 7.12. The summed E-state index contributed by atoms with van der Waals surface area (Å²) in [5.41, 5.74) is 3.16. The first-order valence-electron chi connectivity index (χ1n) is 10.2. The van der Waals surface area contributed by atoms with Crippen LogP contribution in [0.25, 0.3) is 0 Å². The molecule has 2 aromatic carbocycles. The number of carbonyl (C=O) groups excluding carboxylic acids is 1. The van der Waals surface area contributed by atoms with Crippen molar-refractivity contribution in [2.75, 3.05) is 17.2 Å². The van der Waals surface area contributed by atoms with Crippen LogP contribution in [-0.4, -0.2) is 33.7 Å². The molecule has 1 atom stereocenters. The lowest BCUT2D eigenvalue weighted by molar-refractivity contribution is -0.116. The Kier molecular flexibility index (Phi) is 6.87. The van der Waals surface area contributed by atoms with Gasteiger partial charge >= 0.3 is 0 Å². The number of aryl methyl sites for hydroxylation is 2. The third-order valence-electron chi connectivity index (χ3n) is 5.01. The fourth-order valence-electron chi connectivity index (χ4n) is 3.30. The van der Waals surface area contributed by atoms with Gasteiger partial charge in [0.25, 0.3) is 11.1 Å². The van der Waals surface area contributed by atoms with Gasteiger partial charge in [-0.1, -0.05) is 43.0 Å². The van der Waals surface area contributed by atoms with Gasteiger partial charge in [-0.3, -0.25) is 4.79 Å². The van der Waals surface area contributed by atoms with Crippen LogP contribution in [-0.2, 0) is 11.4 Å². The molecule has 0 unspecified atom stereocenters. The molecule has 31 heavy (non-hydrogen) atoms. The number of hydrogen-bond donors (Lipinski definition) is 0.